The molecule has 1 heterocycles. The molecule has 0 aliphatic carbocycles. The minimum Gasteiger partial charge on any atom is -0.368 e. The summed E-state index contributed by atoms with van der Waals surface area (Å²) in [6.07, 6.45) is 1.71. The van der Waals surface area contributed by atoms with Crippen LogP contribution in [0.4, 0.5) is 17.6 Å². The first-order valence-electron chi connectivity index (χ1n) is 7.25. The van der Waals surface area contributed by atoms with Crippen molar-refractivity contribution in [2.45, 2.75) is 0 Å². The van der Waals surface area contributed by atoms with Gasteiger partial charge in [-0.2, -0.15) is 20.2 Å². The van der Waals surface area contributed by atoms with Crippen LogP contribution in [0.25, 0.3) is 11.6 Å². The molecule has 0 aliphatic heterocycles. The molecular weight excluding hydrogens is 300 g/mol. The summed E-state index contributed by atoms with van der Waals surface area (Å²) in [7, 11) is 0. The van der Waals surface area contributed by atoms with E-state index in [0.29, 0.717) is 5.57 Å². The second kappa shape index (κ2) is 7.03. The van der Waals surface area contributed by atoms with Crippen LogP contribution in [0.3, 0.4) is 0 Å². The quantitative estimate of drug-likeness (QED) is 0.717. The Balaban J connectivity index is 1.96. The highest BCUT2D eigenvalue weighted by atomic mass is 15.2. The van der Waals surface area contributed by atoms with E-state index in [-0.39, 0.29) is 17.7 Å². The molecule has 6 nitrogen and oxygen atoms in total. The molecule has 116 valence electrons. The Kier molecular flexibility index (Phi) is 4.45. The first kappa shape index (κ1) is 15.2. The predicted octanol–water partition coefficient (Wildman–Crippen LogP) is 3.26. The van der Waals surface area contributed by atoms with Crippen molar-refractivity contribution in [2.24, 2.45) is 0 Å². The maximum Gasteiger partial charge on any atom is 0.232 e. The summed E-state index contributed by atoms with van der Waals surface area (Å²) in [5.41, 5.74) is 7.77. The van der Waals surface area contributed by atoms with Crippen LogP contribution in [0.2, 0.25) is 0 Å². The average Bonchev–Trinajstić information content (AvgIpc) is 2.61. The molecular formula is C18H14N6. The Morgan fingerprint density at radius 2 is 1.62 bits per heavy atom. The molecule has 6 heteroatoms. The van der Waals surface area contributed by atoms with E-state index in [1.807, 2.05) is 60.7 Å². The van der Waals surface area contributed by atoms with Crippen molar-refractivity contribution in [3.8, 4) is 6.07 Å². The minimum atomic E-state index is 0.0487. The number of nitrogens with two attached hydrogens (primary N) is 1. The Morgan fingerprint density at radius 1 is 0.958 bits per heavy atom. The summed E-state index contributed by atoms with van der Waals surface area (Å²) in [4.78, 5) is 12.4. The summed E-state index contributed by atoms with van der Waals surface area (Å²) in [6.45, 7) is 0. The van der Waals surface area contributed by atoms with Crippen LogP contribution in [0.15, 0.2) is 60.7 Å². The van der Waals surface area contributed by atoms with Crippen LogP contribution in [-0.4, -0.2) is 15.0 Å². The molecule has 0 atom stereocenters. The van der Waals surface area contributed by atoms with Crippen LogP contribution < -0.4 is 11.1 Å². The van der Waals surface area contributed by atoms with E-state index in [2.05, 4.69) is 26.3 Å². The number of nitrogen functional groups attached to an aromatic ring is 1. The minimum absolute atomic E-state index is 0.0487. The Bertz CT molecular complexity index is 898. The number of benzene rings is 2. The number of nitrogens with zero attached hydrogens (tertiary/aromatic N) is 4. The zero-order chi connectivity index (χ0) is 16.8. The lowest BCUT2D eigenvalue weighted by Crippen LogP contribution is -2.06. The van der Waals surface area contributed by atoms with Gasteiger partial charge >= 0.3 is 0 Å². The third-order valence-electron chi connectivity index (χ3n) is 3.15. The number of anilines is 3. The van der Waals surface area contributed by atoms with Gasteiger partial charge in [0.05, 0.1) is 5.57 Å². The first-order chi connectivity index (χ1) is 11.7. The van der Waals surface area contributed by atoms with Gasteiger partial charge in [0.15, 0.2) is 5.82 Å². The molecule has 0 saturated carbocycles. The molecule has 3 aromatic rings. The van der Waals surface area contributed by atoms with E-state index in [0.717, 1.165) is 11.3 Å². The van der Waals surface area contributed by atoms with Crippen LogP contribution >= 0.6 is 0 Å². The molecule has 0 unspecified atom stereocenters. The molecule has 0 amide bonds. The Hall–Kier alpha value is -3.72. The fourth-order valence-corrected chi connectivity index (χ4v) is 2.08. The lowest BCUT2D eigenvalue weighted by atomic mass is 10.1. The number of para-hydroxylation sites is 1. The molecule has 24 heavy (non-hydrogen) atoms. The monoisotopic (exact) mass is 314 g/mol. The molecule has 0 radical (unpaired) electrons. The normalized spacial score (nSPS) is 10.9. The van der Waals surface area contributed by atoms with Gasteiger partial charge in [-0.1, -0.05) is 48.5 Å². The van der Waals surface area contributed by atoms with E-state index in [1.54, 1.807) is 6.08 Å². The van der Waals surface area contributed by atoms with Crippen LogP contribution in [0.1, 0.15) is 11.4 Å². The number of rotatable bonds is 4. The van der Waals surface area contributed by atoms with Crippen molar-refractivity contribution in [1.82, 2.24) is 15.0 Å². The van der Waals surface area contributed by atoms with Gasteiger partial charge in [0.2, 0.25) is 11.9 Å². The highest BCUT2D eigenvalue weighted by Gasteiger charge is 2.10. The zero-order valence-electron chi connectivity index (χ0n) is 12.7. The van der Waals surface area contributed by atoms with Crippen molar-refractivity contribution in [3.63, 3.8) is 0 Å². The Labute approximate surface area is 139 Å². The molecule has 1 aromatic heterocycles. The molecule has 0 spiro atoms. The van der Waals surface area contributed by atoms with Crippen molar-refractivity contribution in [2.75, 3.05) is 11.1 Å². The zero-order valence-corrected chi connectivity index (χ0v) is 12.7. The smallest absolute Gasteiger partial charge is 0.232 e. The lowest BCUT2D eigenvalue weighted by molar-refractivity contribution is 1.04. The third kappa shape index (κ3) is 3.72. The van der Waals surface area contributed by atoms with Crippen LogP contribution in [0, 0.1) is 11.3 Å². The molecule has 0 aliphatic rings. The van der Waals surface area contributed by atoms with Gasteiger partial charge < -0.3 is 11.1 Å². The largest absolute Gasteiger partial charge is 0.368 e. The summed E-state index contributed by atoms with van der Waals surface area (Å²) in [5.74, 6) is 0.567. The number of hydrogen-bond donors (Lipinski definition) is 2. The standard InChI is InChI=1S/C18H14N6/c19-12-14(11-13-7-3-1-4-8-13)16-22-17(20)24-18(23-16)21-15-9-5-2-6-10-15/h1-11H,(H3,20,21,22,23,24)/b14-11+. The summed E-state index contributed by atoms with van der Waals surface area (Å²) in [6, 6.07) is 21.1. The van der Waals surface area contributed by atoms with Crippen molar-refractivity contribution in [3.05, 3.63) is 72.1 Å². The highest BCUT2D eigenvalue weighted by Crippen LogP contribution is 2.18. The Morgan fingerprint density at radius 3 is 2.29 bits per heavy atom. The fourth-order valence-electron chi connectivity index (χ4n) is 2.08. The molecule has 3 rings (SSSR count). The van der Waals surface area contributed by atoms with Crippen LogP contribution in [-0.2, 0) is 0 Å². The maximum atomic E-state index is 9.43. The number of allylic oxidation sites excluding steroid dienone is 1. The molecule has 0 fully saturated rings. The molecule has 0 saturated heterocycles. The van der Waals surface area contributed by atoms with Gasteiger partial charge in [0, 0.05) is 5.69 Å². The van der Waals surface area contributed by atoms with Crippen LogP contribution in [0.5, 0.6) is 0 Å². The lowest BCUT2D eigenvalue weighted by Gasteiger charge is -2.06. The average molecular weight is 314 g/mol. The molecule has 0 bridgehead atoms. The third-order valence-corrected chi connectivity index (χ3v) is 3.15. The van der Waals surface area contributed by atoms with Gasteiger partial charge in [-0.3, -0.25) is 0 Å². The first-order valence-corrected chi connectivity index (χ1v) is 7.25. The van der Waals surface area contributed by atoms with Crippen molar-refractivity contribution in [1.29, 1.82) is 5.26 Å². The van der Waals surface area contributed by atoms with E-state index in [1.165, 1.54) is 0 Å². The maximum absolute atomic E-state index is 9.43. The fraction of sp³-hybridized carbons (Fsp3) is 0. The van der Waals surface area contributed by atoms with E-state index in [4.69, 9.17) is 5.73 Å². The summed E-state index contributed by atoms with van der Waals surface area (Å²) >= 11 is 0. The van der Waals surface area contributed by atoms with Gasteiger partial charge in [0.1, 0.15) is 6.07 Å². The number of nitrogens with one attached hydrogen (secondary N) is 1. The predicted molar refractivity (Wildman–Crippen MR) is 93.9 cm³/mol. The summed E-state index contributed by atoms with van der Waals surface area (Å²) < 4.78 is 0. The van der Waals surface area contributed by atoms with Gasteiger partial charge in [-0.15, -0.1) is 0 Å². The second-order valence-corrected chi connectivity index (χ2v) is 4.91. The second-order valence-electron chi connectivity index (χ2n) is 4.91. The van der Waals surface area contributed by atoms with Gasteiger partial charge in [-0.05, 0) is 23.8 Å². The van der Waals surface area contributed by atoms with E-state index < -0.39 is 0 Å². The topological polar surface area (TPSA) is 101 Å². The van der Waals surface area contributed by atoms with E-state index >= 15 is 0 Å². The van der Waals surface area contributed by atoms with Crippen molar-refractivity contribution < 1.29 is 0 Å². The number of hydrogen-bond acceptors (Lipinski definition) is 6. The molecule has 2 aromatic carbocycles. The van der Waals surface area contributed by atoms with Crippen molar-refractivity contribution >= 4 is 29.2 Å². The molecule has 3 N–H and O–H groups in total. The SMILES string of the molecule is N#C/C(=C\c1ccccc1)c1nc(N)nc(Nc2ccccc2)n1. The van der Waals surface area contributed by atoms with Gasteiger partial charge in [-0.25, -0.2) is 0 Å². The van der Waals surface area contributed by atoms with E-state index in [9.17, 15) is 5.26 Å². The van der Waals surface area contributed by atoms with Gasteiger partial charge in [0.25, 0.3) is 0 Å². The highest BCUT2D eigenvalue weighted by molar-refractivity contribution is 5.87. The number of nitriles is 1. The summed E-state index contributed by atoms with van der Waals surface area (Å²) in [5, 5.41) is 12.5. The number of aromatic nitrogens is 3.